The molecule has 1 aliphatic rings. The molecule has 0 radical (unpaired) electrons. The predicted molar refractivity (Wildman–Crippen MR) is 73.3 cm³/mol. The second-order valence-corrected chi connectivity index (χ2v) is 4.94. The summed E-state index contributed by atoms with van der Waals surface area (Å²) in [5.74, 6) is 0.173. The molecule has 1 unspecified atom stereocenters. The van der Waals surface area contributed by atoms with E-state index in [0.717, 1.165) is 32.4 Å². The van der Waals surface area contributed by atoms with Gasteiger partial charge in [0.05, 0.1) is 0 Å². The number of hydrogen-bond donors (Lipinski definition) is 2. The van der Waals surface area contributed by atoms with Crippen molar-refractivity contribution in [2.75, 3.05) is 6.54 Å². The van der Waals surface area contributed by atoms with Gasteiger partial charge in [-0.15, -0.1) is 0 Å². The lowest BCUT2D eigenvalue weighted by atomic mass is 10.1. The molecule has 0 bridgehead atoms. The van der Waals surface area contributed by atoms with Crippen molar-refractivity contribution in [2.24, 2.45) is 0 Å². The first-order valence-electron chi connectivity index (χ1n) is 6.86. The van der Waals surface area contributed by atoms with E-state index < -0.39 is 0 Å². The second kappa shape index (κ2) is 6.55. The van der Waals surface area contributed by atoms with Crippen molar-refractivity contribution >= 4 is 5.91 Å². The monoisotopic (exact) mass is 246 g/mol. The van der Waals surface area contributed by atoms with Gasteiger partial charge in [-0.2, -0.15) is 0 Å². The van der Waals surface area contributed by atoms with Crippen molar-refractivity contribution in [1.82, 2.24) is 10.6 Å². The van der Waals surface area contributed by atoms with Crippen molar-refractivity contribution in [1.29, 1.82) is 0 Å². The van der Waals surface area contributed by atoms with Gasteiger partial charge in [0.15, 0.2) is 0 Å². The fourth-order valence-corrected chi connectivity index (χ4v) is 2.30. The van der Waals surface area contributed by atoms with E-state index in [2.05, 4.69) is 41.8 Å². The van der Waals surface area contributed by atoms with Gasteiger partial charge in [-0.25, -0.2) is 0 Å². The van der Waals surface area contributed by atoms with Crippen LogP contribution in [0.1, 0.15) is 37.3 Å². The molecule has 98 valence electrons. The molecule has 18 heavy (non-hydrogen) atoms. The zero-order valence-corrected chi connectivity index (χ0v) is 11.0. The standard InChI is InChI=1S/C15H22N2O/c1-2-12-5-7-13(8-6-12)11-17-14-4-3-9-16-15(18)10-14/h5-8,14,17H,2-4,9-11H2,1H3,(H,16,18). The average Bonchev–Trinajstić information content (AvgIpc) is 2.61. The van der Waals surface area contributed by atoms with Gasteiger partial charge in [-0.05, 0) is 30.4 Å². The van der Waals surface area contributed by atoms with E-state index in [4.69, 9.17) is 0 Å². The maximum Gasteiger partial charge on any atom is 0.221 e. The molecule has 2 rings (SSSR count). The zero-order valence-electron chi connectivity index (χ0n) is 11.0. The molecule has 1 aromatic carbocycles. The number of nitrogens with one attached hydrogen (secondary N) is 2. The van der Waals surface area contributed by atoms with E-state index in [1.165, 1.54) is 11.1 Å². The highest BCUT2D eigenvalue weighted by atomic mass is 16.1. The molecule has 0 aliphatic carbocycles. The summed E-state index contributed by atoms with van der Waals surface area (Å²) in [6, 6.07) is 9.01. The number of benzene rings is 1. The van der Waals surface area contributed by atoms with Gasteiger partial charge in [0.25, 0.3) is 0 Å². The Labute approximate surface area is 109 Å². The summed E-state index contributed by atoms with van der Waals surface area (Å²) >= 11 is 0. The van der Waals surface area contributed by atoms with E-state index in [1.807, 2.05) is 0 Å². The summed E-state index contributed by atoms with van der Waals surface area (Å²) in [4.78, 5) is 11.4. The molecule has 1 amide bonds. The van der Waals surface area contributed by atoms with Crippen LogP contribution in [0.15, 0.2) is 24.3 Å². The summed E-state index contributed by atoms with van der Waals surface area (Å²) in [6.45, 7) is 3.83. The lowest BCUT2D eigenvalue weighted by Gasteiger charge is -2.15. The van der Waals surface area contributed by atoms with Crippen molar-refractivity contribution in [3.63, 3.8) is 0 Å². The molecule has 1 atom stereocenters. The molecule has 0 aromatic heterocycles. The summed E-state index contributed by atoms with van der Waals surface area (Å²) in [7, 11) is 0. The van der Waals surface area contributed by atoms with Crippen LogP contribution in [0.2, 0.25) is 0 Å². The Morgan fingerprint density at radius 1 is 1.28 bits per heavy atom. The van der Waals surface area contributed by atoms with Crippen LogP contribution in [0.25, 0.3) is 0 Å². The lowest BCUT2D eigenvalue weighted by molar-refractivity contribution is -0.121. The Morgan fingerprint density at radius 2 is 2.00 bits per heavy atom. The van der Waals surface area contributed by atoms with E-state index >= 15 is 0 Å². The van der Waals surface area contributed by atoms with Crippen LogP contribution in [0.5, 0.6) is 0 Å². The average molecular weight is 246 g/mol. The van der Waals surface area contributed by atoms with Gasteiger partial charge < -0.3 is 10.6 Å². The third kappa shape index (κ3) is 3.84. The Morgan fingerprint density at radius 3 is 2.72 bits per heavy atom. The molecular formula is C15H22N2O. The number of aryl methyl sites for hydroxylation is 1. The minimum Gasteiger partial charge on any atom is -0.356 e. The first-order chi connectivity index (χ1) is 8.78. The molecule has 0 saturated carbocycles. The van der Waals surface area contributed by atoms with Crippen LogP contribution >= 0.6 is 0 Å². The van der Waals surface area contributed by atoms with Crippen molar-refractivity contribution in [3.8, 4) is 0 Å². The highest BCUT2D eigenvalue weighted by molar-refractivity contribution is 5.76. The summed E-state index contributed by atoms with van der Waals surface area (Å²) in [6.07, 6.45) is 3.83. The third-order valence-electron chi connectivity index (χ3n) is 3.51. The Hall–Kier alpha value is -1.35. The number of carbonyl (C=O) groups excluding carboxylic acids is 1. The normalized spacial score (nSPS) is 20.3. The van der Waals surface area contributed by atoms with Crippen molar-refractivity contribution < 1.29 is 4.79 Å². The molecule has 3 heteroatoms. The number of hydrogen-bond acceptors (Lipinski definition) is 2. The maximum absolute atomic E-state index is 11.4. The third-order valence-corrected chi connectivity index (χ3v) is 3.51. The zero-order chi connectivity index (χ0) is 12.8. The molecule has 2 N–H and O–H groups in total. The highest BCUT2D eigenvalue weighted by Gasteiger charge is 2.16. The maximum atomic E-state index is 11.4. The first-order valence-corrected chi connectivity index (χ1v) is 6.86. The molecule has 1 saturated heterocycles. The van der Waals surface area contributed by atoms with Crippen LogP contribution in [0.4, 0.5) is 0 Å². The molecule has 1 aliphatic heterocycles. The smallest absolute Gasteiger partial charge is 0.221 e. The summed E-state index contributed by atoms with van der Waals surface area (Å²) < 4.78 is 0. The second-order valence-electron chi connectivity index (χ2n) is 4.94. The fourth-order valence-electron chi connectivity index (χ4n) is 2.30. The first kappa shape index (κ1) is 13.1. The van der Waals surface area contributed by atoms with E-state index in [9.17, 15) is 4.79 Å². The number of carbonyl (C=O) groups is 1. The quantitative estimate of drug-likeness (QED) is 0.853. The van der Waals surface area contributed by atoms with E-state index in [-0.39, 0.29) is 5.91 Å². The van der Waals surface area contributed by atoms with Gasteiger partial charge in [0.2, 0.25) is 5.91 Å². The van der Waals surface area contributed by atoms with Gasteiger partial charge in [-0.1, -0.05) is 31.2 Å². The molecule has 1 aromatic rings. The van der Waals surface area contributed by atoms with Crippen LogP contribution < -0.4 is 10.6 Å². The summed E-state index contributed by atoms with van der Waals surface area (Å²) in [5.41, 5.74) is 2.66. The van der Waals surface area contributed by atoms with Gasteiger partial charge in [-0.3, -0.25) is 4.79 Å². The molecular weight excluding hydrogens is 224 g/mol. The largest absolute Gasteiger partial charge is 0.356 e. The van der Waals surface area contributed by atoms with Crippen LogP contribution in [-0.4, -0.2) is 18.5 Å². The molecule has 1 heterocycles. The van der Waals surface area contributed by atoms with E-state index in [1.54, 1.807) is 0 Å². The molecule has 3 nitrogen and oxygen atoms in total. The van der Waals surface area contributed by atoms with Crippen molar-refractivity contribution in [3.05, 3.63) is 35.4 Å². The topological polar surface area (TPSA) is 41.1 Å². The fraction of sp³-hybridized carbons (Fsp3) is 0.533. The van der Waals surface area contributed by atoms with Gasteiger partial charge in [0.1, 0.15) is 0 Å². The Kier molecular flexibility index (Phi) is 4.76. The summed E-state index contributed by atoms with van der Waals surface area (Å²) in [5, 5.41) is 6.39. The molecule has 1 fully saturated rings. The number of amides is 1. The Bertz CT molecular complexity index is 386. The highest BCUT2D eigenvalue weighted by Crippen LogP contribution is 2.09. The van der Waals surface area contributed by atoms with Crippen LogP contribution in [0.3, 0.4) is 0 Å². The lowest BCUT2D eigenvalue weighted by Crippen LogP contribution is -2.32. The van der Waals surface area contributed by atoms with Crippen LogP contribution in [-0.2, 0) is 17.8 Å². The minimum absolute atomic E-state index is 0.173. The van der Waals surface area contributed by atoms with Gasteiger partial charge in [0, 0.05) is 25.6 Å². The minimum atomic E-state index is 0.173. The van der Waals surface area contributed by atoms with Gasteiger partial charge >= 0.3 is 0 Å². The predicted octanol–water partition coefficient (Wildman–Crippen LogP) is 2.01. The Balaban J connectivity index is 1.84. The number of rotatable bonds is 4. The van der Waals surface area contributed by atoms with Crippen molar-refractivity contribution in [2.45, 2.75) is 45.2 Å². The molecule has 0 spiro atoms. The van der Waals surface area contributed by atoms with Crippen LogP contribution in [0, 0.1) is 0 Å². The SMILES string of the molecule is CCc1ccc(CNC2CCCNC(=O)C2)cc1. The van der Waals surface area contributed by atoms with E-state index in [0.29, 0.717) is 12.5 Å².